The number of hydrogen-bond acceptors (Lipinski definition) is 3. The van der Waals surface area contributed by atoms with Gasteiger partial charge in [0.25, 0.3) is 0 Å². The highest BCUT2D eigenvalue weighted by atomic mass is 16.5. The lowest BCUT2D eigenvalue weighted by Crippen LogP contribution is -2.18. The Bertz CT molecular complexity index is 421. The monoisotopic (exact) mass is 479 g/mol. The van der Waals surface area contributed by atoms with Gasteiger partial charge in [-0.25, -0.2) is 0 Å². The number of rotatable bonds is 28. The van der Waals surface area contributed by atoms with Gasteiger partial charge >= 0.3 is 5.97 Å². The molecule has 1 radical (unpaired) electrons. The van der Waals surface area contributed by atoms with Crippen molar-refractivity contribution in [3.05, 3.63) is 0 Å². The molecule has 0 rings (SSSR count). The van der Waals surface area contributed by atoms with Gasteiger partial charge in [-0.05, 0) is 19.3 Å². The fourth-order valence-electron chi connectivity index (χ4n) is 4.69. The molecule has 0 heterocycles. The van der Waals surface area contributed by atoms with Crippen LogP contribution in [0, 0.1) is 0 Å². The lowest BCUT2D eigenvalue weighted by molar-refractivity contribution is -0.149. The van der Waals surface area contributed by atoms with Crippen molar-refractivity contribution in [2.45, 2.75) is 187 Å². The zero-order valence-electron chi connectivity index (χ0n) is 23.2. The van der Waals surface area contributed by atoms with Crippen molar-refractivity contribution in [3.63, 3.8) is 0 Å². The largest absolute Gasteiger partial charge is 0.462 e. The maximum atomic E-state index is 12.1. The average molecular weight is 480 g/mol. The Balaban J connectivity index is 3.47. The fraction of sp³-hybridized carbons (Fsp3) is 0.935. The quantitative estimate of drug-likeness (QED) is 0.0827. The summed E-state index contributed by atoms with van der Waals surface area (Å²) in [7, 11) is 0. The van der Waals surface area contributed by atoms with Crippen LogP contribution in [0.5, 0.6) is 0 Å². The average Bonchev–Trinajstić information content (AvgIpc) is 2.83. The highest BCUT2D eigenvalue weighted by molar-refractivity contribution is 5.69. The van der Waals surface area contributed by atoms with E-state index in [1.54, 1.807) is 0 Å². The van der Waals surface area contributed by atoms with Crippen molar-refractivity contribution in [1.82, 2.24) is 0 Å². The van der Waals surface area contributed by atoms with Gasteiger partial charge in [-0.3, -0.25) is 9.59 Å². The predicted molar refractivity (Wildman–Crippen MR) is 147 cm³/mol. The minimum atomic E-state index is -0.262. The molecule has 0 fully saturated rings. The van der Waals surface area contributed by atoms with Crippen LogP contribution in [0.4, 0.5) is 0 Å². The van der Waals surface area contributed by atoms with E-state index in [1.165, 1.54) is 122 Å². The first kappa shape index (κ1) is 33.1. The molecular weight excluding hydrogens is 420 g/mol. The molecule has 1 atom stereocenters. The Labute approximate surface area is 213 Å². The molecule has 3 heteroatoms. The lowest BCUT2D eigenvalue weighted by Gasteiger charge is -2.15. The number of unbranched alkanes of at least 4 members (excludes halogenated alkanes) is 21. The summed E-state index contributed by atoms with van der Waals surface area (Å²) in [5.41, 5.74) is 0. The standard InChI is InChI=1S/C31H59O3/c1-3-5-7-9-11-12-13-14-15-16-17-18-19-21-23-25-27-31(33)34-30(28-29-32)26-24-22-20-10-8-6-4-2/h30H,3-28H2,1-2H3. The van der Waals surface area contributed by atoms with E-state index in [9.17, 15) is 9.59 Å². The summed E-state index contributed by atoms with van der Waals surface area (Å²) in [6.07, 6.45) is 33.1. The van der Waals surface area contributed by atoms with Crippen molar-refractivity contribution in [2.24, 2.45) is 0 Å². The summed E-state index contributed by atoms with van der Waals surface area (Å²) in [6, 6.07) is 0. The van der Waals surface area contributed by atoms with Gasteiger partial charge in [-0.2, -0.15) is 0 Å². The molecule has 0 N–H and O–H groups in total. The van der Waals surface area contributed by atoms with Crippen LogP contribution < -0.4 is 0 Å². The van der Waals surface area contributed by atoms with Crippen molar-refractivity contribution in [1.29, 1.82) is 0 Å². The molecule has 201 valence electrons. The van der Waals surface area contributed by atoms with Crippen LogP contribution in [0.25, 0.3) is 0 Å². The first-order valence-electron chi connectivity index (χ1n) is 15.3. The number of ether oxygens (including phenoxy) is 1. The number of carbonyl (C=O) groups excluding carboxylic acids is 2. The fourth-order valence-corrected chi connectivity index (χ4v) is 4.69. The third kappa shape index (κ3) is 25.8. The van der Waals surface area contributed by atoms with Gasteiger partial charge in [-0.1, -0.05) is 149 Å². The first-order valence-corrected chi connectivity index (χ1v) is 15.3. The lowest BCUT2D eigenvalue weighted by atomic mass is 10.0. The second-order valence-corrected chi connectivity index (χ2v) is 10.4. The third-order valence-corrected chi connectivity index (χ3v) is 6.97. The van der Waals surface area contributed by atoms with E-state index in [2.05, 4.69) is 13.8 Å². The minimum Gasteiger partial charge on any atom is -0.462 e. The Hall–Kier alpha value is -0.860. The molecule has 0 aromatic heterocycles. The highest BCUT2D eigenvalue weighted by Gasteiger charge is 2.14. The van der Waals surface area contributed by atoms with Crippen LogP contribution in [-0.4, -0.2) is 18.4 Å². The summed E-state index contributed by atoms with van der Waals surface area (Å²) >= 11 is 0. The Morgan fingerprint density at radius 2 is 0.912 bits per heavy atom. The van der Waals surface area contributed by atoms with Crippen LogP contribution in [0.1, 0.15) is 181 Å². The maximum absolute atomic E-state index is 12.1. The summed E-state index contributed by atoms with van der Waals surface area (Å²) in [4.78, 5) is 22.9. The predicted octanol–water partition coefficient (Wildman–Crippen LogP) is 10.2. The molecular formula is C31H59O3. The zero-order chi connectivity index (χ0) is 25.0. The Kier molecular flexibility index (Phi) is 27.7. The van der Waals surface area contributed by atoms with Gasteiger partial charge in [0.15, 0.2) is 0 Å². The smallest absolute Gasteiger partial charge is 0.306 e. The Morgan fingerprint density at radius 1 is 0.559 bits per heavy atom. The van der Waals surface area contributed by atoms with Crippen molar-refractivity contribution < 1.29 is 14.3 Å². The van der Waals surface area contributed by atoms with E-state index < -0.39 is 0 Å². The summed E-state index contributed by atoms with van der Waals surface area (Å²) in [6.45, 7) is 4.51. The van der Waals surface area contributed by atoms with E-state index in [1.807, 2.05) is 6.29 Å². The van der Waals surface area contributed by atoms with E-state index in [-0.39, 0.29) is 18.5 Å². The SMILES string of the molecule is CCCCCCCCCCCCCCCCCCC(=O)OC(C[C]=O)CCCCCCCCC. The summed E-state index contributed by atoms with van der Waals surface area (Å²) in [5, 5.41) is 0. The number of esters is 1. The first-order chi connectivity index (χ1) is 16.7. The van der Waals surface area contributed by atoms with Gasteiger partial charge in [0.1, 0.15) is 6.10 Å². The molecule has 3 nitrogen and oxygen atoms in total. The van der Waals surface area contributed by atoms with Gasteiger partial charge in [0.05, 0.1) is 6.42 Å². The van der Waals surface area contributed by atoms with Crippen molar-refractivity contribution in [2.75, 3.05) is 0 Å². The highest BCUT2D eigenvalue weighted by Crippen LogP contribution is 2.16. The second-order valence-electron chi connectivity index (χ2n) is 10.4. The topological polar surface area (TPSA) is 43.4 Å². The molecule has 0 bridgehead atoms. The molecule has 0 aliphatic rings. The zero-order valence-corrected chi connectivity index (χ0v) is 23.2. The van der Waals surface area contributed by atoms with Crippen LogP contribution in [0.2, 0.25) is 0 Å². The molecule has 0 amide bonds. The minimum absolute atomic E-state index is 0.131. The van der Waals surface area contributed by atoms with Gasteiger partial charge in [-0.15, -0.1) is 0 Å². The molecule has 0 aromatic rings. The Morgan fingerprint density at radius 3 is 1.29 bits per heavy atom. The molecule has 0 spiro atoms. The normalized spacial score (nSPS) is 12.1. The van der Waals surface area contributed by atoms with Gasteiger partial charge < -0.3 is 4.74 Å². The van der Waals surface area contributed by atoms with Crippen LogP contribution in [-0.2, 0) is 14.3 Å². The third-order valence-electron chi connectivity index (χ3n) is 6.97. The van der Waals surface area contributed by atoms with E-state index in [4.69, 9.17) is 4.74 Å². The maximum Gasteiger partial charge on any atom is 0.306 e. The second kappa shape index (κ2) is 28.4. The number of hydrogen-bond donors (Lipinski definition) is 0. The van der Waals surface area contributed by atoms with Crippen LogP contribution in [0.3, 0.4) is 0 Å². The van der Waals surface area contributed by atoms with E-state index in [0.29, 0.717) is 6.42 Å². The molecule has 0 saturated heterocycles. The summed E-state index contributed by atoms with van der Waals surface area (Å²) in [5.74, 6) is -0.131. The summed E-state index contributed by atoms with van der Waals surface area (Å²) < 4.78 is 5.56. The molecule has 1 unspecified atom stereocenters. The van der Waals surface area contributed by atoms with Crippen molar-refractivity contribution >= 4 is 12.3 Å². The van der Waals surface area contributed by atoms with Gasteiger partial charge in [0, 0.05) is 6.42 Å². The van der Waals surface area contributed by atoms with Crippen molar-refractivity contribution in [3.8, 4) is 0 Å². The molecule has 0 aromatic carbocycles. The van der Waals surface area contributed by atoms with Gasteiger partial charge in [0.2, 0.25) is 6.29 Å². The van der Waals surface area contributed by atoms with E-state index in [0.717, 1.165) is 32.1 Å². The van der Waals surface area contributed by atoms with Crippen LogP contribution in [0.15, 0.2) is 0 Å². The molecule has 0 aliphatic carbocycles. The number of carbonyl (C=O) groups is 1. The van der Waals surface area contributed by atoms with E-state index >= 15 is 0 Å². The molecule has 0 saturated carbocycles. The molecule has 34 heavy (non-hydrogen) atoms. The van der Waals surface area contributed by atoms with Crippen LogP contribution >= 0.6 is 0 Å². The molecule has 0 aliphatic heterocycles.